The van der Waals surface area contributed by atoms with Crippen molar-refractivity contribution < 1.29 is 0 Å². The van der Waals surface area contributed by atoms with Gasteiger partial charge in [0.1, 0.15) is 17.4 Å². The van der Waals surface area contributed by atoms with E-state index in [2.05, 4.69) is 26.5 Å². The molecule has 21 heavy (non-hydrogen) atoms. The Kier molecular flexibility index (Phi) is 3.53. The molecule has 0 aliphatic carbocycles. The lowest BCUT2D eigenvalue weighted by molar-refractivity contribution is 0.602. The molecule has 3 aromatic heterocycles. The monoisotopic (exact) mass is 300 g/mol. The van der Waals surface area contributed by atoms with E-state index in [1.807, 2.05) is 6.26 Å². The van der Waals surface area contributed by atoms with Crippen LogP contribution in [0.4, 0.5) is 0 Å². The summed E-state index contributed by atoms with van der Waals surface area (Å²) in [7, 11) is 0. The van der Waals surface area contributed by atoms with Crippen molar-refractivity contribution in [3.63, 3.8) is 0 Å². The van der Waals surface area contributed by atoms with E-state index in [4.69, 9.17) is 0 Å². The first-order chi connectivity index (χ1) is 10.3. The van der Waals surface area contributed by atoms with Crippen molar-refractivity contribution in [2.24, 2.45) is 0 Å². The lowest BCUT2D eigenvalue weighted by Crippen LogP contribution is -2.21. The summed E-state index contributed by atoms with van der Waals surface area (Å²) in [6, 6.07) is 0. The average molecular weight is 300 g/mol. The number of hydrogen-bond acceptors (Lipinski definition) is 6. The quantitative estimate of drug-likeness (QED) is 0.410. The van der Waals surface area contributed by atoms with Crippen molar-refractivity contribution in [3.8, 4) is 5.69 Å². The minimum absolute atomic E-state index is 0.165. The largest absolute Gasteiger partial charge is 0.278 e. The third-order valence-electron chi connectivity index (χ3n) is 2.93. The molecule has 0 amide bonds. The van der Waals surface area contributed by atoms with Crippen molar-refractivity contribution in [3.05, 3.63) is 47.9 Å². The number of rotatable bonds is 4. The van der Waals surface area contributed by atoms with Gasteiger partial charge < -0.3 is 0 Å². The zero-order valence-corrected chi connectivity index (χ0v) is 12.1. The second-order valence-electron chi connectivity index (χ2n) is 4.18. The molecule has 0 unspecified atom stereocenters. The Balaban J connectivity index is 2.40. The Morgan fingerprint density at radius 2 is 2.10 bits per heavy atom. The number of fused-ring (bicyclic) bond motifs is 1. The minimum atomic E-state index is -0.165. The molecule has 0 atom stereocenters. The SMILES string of the molecule is C=CCn1c(=O)c2cnc(SC)nc2n1-c1cncnc1. The van der Waals surface area contributed by atoms with Gasteiger partial charge in [0.2, 0.25) is 0 Å². The van der Waals surface area contributed by atoms with Crippen molar-refractivity contribution in [2.45, 2.75) is 11.7 Å². The van der Waals surface area contributed by atoms with Crippen LogP contribution in [-0.4, -0.2) is 35.6 Å². The van der Waals surface area contributed by atoms with Crippen LogP contribution in [0.2, 0.25) is 0 Å². The highest BCUT2D eigenvalue weighted by molar-refractivity contribution is 7.98. The van der Waals surface area contributed by atoms with Gasteiger partial charge in [-0.25, -0.2) is 29.3 Å². The van der Waals surface area contributed by atoms with E-state index >= 15 is 0 Å². The first-order valence-corrected chi connectivity index (χ1v) is 7.37. The van der Waals surface area contributed by atoms with Gasteiger partial charge in [-0.1, -0.05) is 17.8 Å². The Morgan fingerprint density at radius 1 is 1.33 bits per heavy atom. The predicted molar refractivity (Wildman–Crippen MR) is 80.7 cm³/mol. The number of hydrogen-bond donors (Lipinski definition) is 0. The molecule has 0 aromatic carbocycles. The maximum absolute atomic E-state index is 12.5. The van der Waals surface area contributed by atoms with Gasteiger partial charge in [0.15, 0.2) is 10.8 Å². The van der Waals surface area contributed by atoms with Crippen molar-refractivity contribution >= 4 is 22.8 Å². The van der Waals surface area contributed by atoms with E-state index in [-0.39, 0.29) is 5.56 Å². The van der Waals surface area contributed by atoms with E-state index in [1.165, 1.54) is 22.8 Å². The molecule has 0 aliphatic rings. The highest BCUT2D eigenvalue weighted by Gasteiger charge is 2.16. The van der Waals surface area contributed by atoms with Crippen molar-refractivity contribution in [1.82, 2.24) is 29.3 Å². The molecule has 0 aliphatic heterocycles. The molecular formula is C13H12N6OS. The zero-order valence-electron chi connectivity index (χ0n) is 11.3. The number of aromatic nitrogens is 6. The molecule has 106 valence electrons. The summed E-state index contributed by atoms with van der Waals surface area (Å²) >= 11 is 1.42. The van der Waals surface area contributed by atoms with Crippen LogP contribution in [0, 0.1) is 0 Å². The second kappa shape index (κ2) is 5.49. The molecule has 0 saturated heterocycles. The zero-order chi connectivity index (χ0) is 14.8. The van der Waals surface area contributed by atoms with Gasteiger partial charge in [-0.2, -0.15) is 0 Å². The van der Waals surface area contributed by atoms with Crippen LogP contribution in [0.1, 0.15) is 0 Å². The van der Waals surface area contributed by atoms with Crippen LogP contribution in [0.3, 0.4) is 0 Å². The molecule has 0 bridgehead atoms. The van der Waals surface area contributed by atoms with Crippen molar-refractivity contribution in [1.29, 1.82) is 0 Å². The third-order valence-corrected chi connectivity index (χ3v) is 3.49. The van der Waals surface area contributed by atoms with Crippen LogP contribution < -0.4 is 5.56 Å². The highest BCUT2D eigenvalue weighted by atomic mass is 32.2. The van der Waals surface area contributed by atoms with E-state index in [0.29, 0.717) is 28.4 Å². The van der Waals surface area contributed by atoms with E-state index in [9.17, 15) is 4.79 Å². The molecule has 3 heterocycles. The van der Waals surface area contributed by atoms with Gasteiger partial charge >= 0.3 is 0 Å². The molecule has 0 N–H and O–H groups in total. The van der Waals surface area contributed by atoms with Gasteiger partial charge in [0.25, 0.3) is 5.56 Å². The highest BCUT2D eigenvalue weighted by Crippen LogP contribution is 2.17. The summed E-state index contributed by atoms with van der Waals surface area (Å²) in [6.07, 6.45) is 9.79. The van der Waals surface area contributed by atoms with E-state index < -0.39 is 0 Å². The van der Waals surface area contributed by atoms with Gasteiger partial charge in [0.05, 0.1) is 18.9 Å². The summed E-state index contributed by atoms with van der Waals surface area (Å²) in [6.45, 7) is 4.05. The fourth-order valence-corrected chi connectivity index (χ4v) is 2.40. The molecule has 3 rings (SSSR count). The second-order valence-corrected chi connectivity index (χ2v) is 4.95. The summed E-state index contributed by atoms with van der Waals surface area (Å²) in [5, 5.41) is 1.06. The fourth-order valence-electron chi connectivity index (χ4n) is 2.06. The number of thioether (sulfide) groups is 1. The van der Waals surface area contributed by atoms with Gasteiger partial charge in [-0.3, -0.25) is 4.79 Å². The summed E-state index contributed by atoms with van der Waals surface area (Å²) in [5.74, 6) is 0. The molecule has 0 saturated carbocycles. The normalized spacial score (nSPS) is 10.9. The van der Waals surface area contributed by atoms with Crippen LogP contribution in [0.15, 0.2) is 47.5 Å². The average Bonchev–Trinajstić information content (AvgIpc) is 2.81. The standard InChI is InChI=1S/C13H12N6OS/c1-3-4-18-12(20)10-7-16-13(21-2)17-11(10)19(18)9-5-14-8-15-6-9/h3,5-8H,1,4H2,2H3. The molecule has 0 radical (unpaired) electrons. The topological polar surface area (TPSA) is 78.5 Å². The molecule has 0 spiro atoms. The van der Waals surface area contributed by atoms with E-state index in [0.717, 1.165) is 0 Å². The third kappa shape index (κ3) is 2.23. The summed E-state index contributed by atoms with van der Waals surface area (Å²) in [5.41, 5.74) is 1.04. The Morgan fingerprint density at radius 3 is 2.76 bits per heavy atom. The lowest BCUT2D eigenvalue weighted by Gasteiger charge is -2.09. The molecule has 7 nitrogen and oxygen atoms in total. The first kappa shape index (κ1) is 13.5. The maximum atomic E-state index is 12.5. The minimum Gasteiger partial charge on any atom is -0.267 e. The number of allylic oxidation sites excluding steroid dienone is 1. The van der Waals surface area contributed by atoms with Gasteiger partial charge in [-0.15, -0.1) is 6.58 Å². The van der Waals surface area contributed by atoms with Gasteiger partial charge in [-0.05, 0) is 6.26 Å². The first-order valence-electron chi connectivity index (χ1n) is 6.15. The number of nitrogens with zero attached hydrogens (tertiary/aromatic N) is 6. The lowest BCUT2D eigenvalue weighted by atomic mass is 10.4. The molecule has 8 heteroatoms. The molecular weight excluding hydrogens is 288 g/mol. The van der Waals surface area contributed by atoms with Crippen LogP contribution in [0.5, 0.6) is 0 Å². The molecule has 0 fully saturated rings. The van der Waals surface area contributed by atoms with E-state index in [1.54, 1.807) is 29.3 Å². The fraction of sp³-hybridized carbons (Fsp3) is 0.154. The van der Waals surface area contributed by atoms with Crippen molar-refractivity contribution in [2.75, 3.05) is 6.26 Å². The Labute approximate surface area is 124 Å². The summed E-state index contributed by atoms with van der Waals surface area (Å²) < 4.78 is 3.23. The summed E-state index contributed by atoms with van der Waals surface area (Å²) in [4.78, 5) is 29.1. The van der Waals surface area contributed by atoms with Crippen LogP contribution >= 0.6 is 11.8 Å². The van der Waals surface area contributed by atoms with Crippen LogP contribution in [0.25, 0.3) is 16.7 Å². The molecule has 3 aromatic rings. The Bertz CT molecular complexity index is 854. The smallest absolute Gasteiger partial charge is 0.267 e. The van der Waals surface area contributed by atoms with Crippen LogP contribution in [-0.2, 0) is 6.54 Å². The Hall–Kier alpha value is -2.48. The maximum Gasteiger partial charge on any atom is 0.278 e. The predicted octanol–water partition coefficient (Wildman–Crippen LogP) is 1.28. The van der Waals surface area contributed by atoms with Gasteiger partial charge in [0, 0.05) is 6.20 Å².